The van der Waals surface area contributed by atoms with Crippen molar-refractivity contribution in [2.24, 2.45) is 17.6 Å². The largest absolute Gasteiger partial charge is 0.488 e. The fraction of sp³-hybridized carbons (Fsp3) is 0.250. The molecule has 6 atom stereocenters. The second-order valence-electron chi connectivity index (χ2n) is 13.2. The summed E-state index contributed by atoms with van der Waals surface area (Å²) < 4.78 is 15.9. The van der Waals surface area contributed by atoms with Crippen LogP contribution in [-0.4, -0.2) is 38.0 Å². The molecule has 8 rings (SSSR count). The predicted molar refractivity (Wildman–Crippen MR) is 185 cm³/mol. The number of nitrogens with two attached hydrogens (primary N) is 1. The lowest BCUT2D eigenvalue weighted by atomic mass is 9.52. The zero-order valence-corrected chi connectivity index (χ0v) is 28.0. The maximum Gasteiger partial charge on any atom is 0.265 e. The fourth-order valence-electron chi connectivity index (χ4n) is 7.93. The van der Waals surface area contributed by atoms with Crippen molar-refractivity contribution < 1.29 is 33.5 Å². The highest BCUT2D eigenvalue weighted by molar-refractivity contribution is 8.02. The molecule has 252 valence electrons. The van der Waals surface area contributed by atoms with Crippen LogP contribution in [0.3, 0.4) is 0 Å². The van der Waals surface area contributed by atoms with Gasteiger partial charge in [0.15, 0.2) is 22.9 Å². The number of nitrogens with zero attached hydrogens (tertiary/aromatic N) is 1. The molecular formula is C40H34N2O7S. The molecule has 5 aromatic rings. The smallest absolute Gasteiger partial charge is 0.265 e. The summed E-state index contributed by atoms with van der Waals surface area (Å²) in [7, 11) is 0. The highest BCUT2D eigenvalue weighted by atomic mass is 32.2. The number of benzene rings is 4. The highest BCUT2D eigenvalue weighted by Gasteiger charge is 2.73. The maximum atomic E-state index is 15.4. The Morgan fingerprint density at radius 3 is 2.08 bits per heavy atom. The number of carbonyl (C=O) groups excluding carboxylic acids is 3. The van der Waals surface area contributed by atoms with E-state index >= 15 is 9.59 Å². The average Bonchev–Trinajstić information content (AvgIpc) is 3.58. The summed E-state index contributed by atoms with van der Waals surface area (Å²) in [5.41, 5.74) is 6.68. The van der Waals surface area contributed by atoms with Crippen LogP contribution in [0.5, 0.6) is 11.6 Å². The van der Waals surface area contributed by atoms with Crippen molar-refractivity contribution in [3.63, 3.8) is 0 Å². The van der Waals surface area contributed by atoms with Crippen molar-refractivity contribution in [2.75, 3.05) is 0 Å². The maximum absolute atomic E-state index is 15.4. The van der Waals surface area contributed by atoms with Gasteiger partial charge in [-0.1, -0.05) is 97.9 Å². The van der Waals surface area contributed by atoms with Gasteiger partial charge >= 0.3 is 0 Å². The quantitative estimate of drug-likeness (QED) is 0.174. The number of hydrogen-bond acceptors (Lipinski definition) is 10. The first-order chi connectivity index (χ1) is 24.2. The molecule has 3 N–H and O–H groups in total. The first-order valence-corrected chi connectivity index (χ1v) is 17.4. The molecule has 0 radical (unpaired) electrons. The second kappa shape index (κ2) is 12.4. The topological polar surface area (TPSA) is 142 Å². The molecule has 0 bridgehead atoms. The molecule has 4 aromatic carbocycles. The van der Waals surface area contributed by atoms with Crippen LogP contribution >= 0.6 is 11.8 Å². The van der Waals surface area contributed by atoms with Gasteiger partial charge in [-0.2, -0.15) is 0 Å². The Kier molecular flexibility index (Phi) is 7.97. The molecule has 10 heteroatoms. The SMILES string of the molecule is C[C@H]1c2cccc(OCc3ccccc3)c2C(=O)[C@@]2(Sc3ccccc3)C(=O)[C@]3(O)C(=O)c4c(OCc5ccccc5)noc4[C@@H](N)[C@@H]3C[C@@H]12. The van der Waals surface area contributed by atoms with Crippen LogP contribution in [0.2, 0.25) is 0 Å². The van der Waals surface area contributed by atoms with Gasteiger partial charge in [0.2, 0.25) is 5.78 Å². The molecule has 3 aliphatic rings. The number of thioether (sulfide) groups is 1. The third kappa shape index (κ3) is 4.85. The van der Waals surface area contributed by atoms with Gasteiger partial charge in [-0.15, -0.1) is 11.8 Å². The third-order valence-corrected chi connectivity index (χ3v) is 11.9. The molecule has 1 fully saturated rings. The van der Waals surface area contributed by atoms with Crippen molar-refractivity contribution in [2.45, 2.75) is 53.8 Å². The van der Waals surface area contributed by atoms with E-state index in [0.29, 0.717) is 10.6 Å². The summed E-state index contributed by atoms with van der Waals surface area (Å²) in [4.78, 5) is 45.9. The van der Waals surface area contributed by atoms with Gasteiger partial charge in [0.25, 0.3) is 5.88 Å². The number of fused-ring (bicyclic) bond motifs is 4. The molecule has 1 heterocycles. The van der Waals surface area contributed by atoms with E-state index in [1.54, 1.807) is 6.07 Å². The van der Waals surface area contributed by atoms with Gasteiger partial charge in [0.1, 0.15) is 29.3 Å². The Hall–Kier alpha value is -5.03. The minimum atomic E-state index is -2.66. The second-order valence-corrected chi connectivity index (χ2v) is 14.5. The van der Waals surface area contributed by atoms with Gasteiger partial charge in [-0.25, -0.2) is 0 Å². The van der Waals surface area contributed by atoms with Gasteiger partial charge < -0.3 is 24.8 Å². The Morgan fingerprint density at radius 1 is 0.800 bits per heavy atom. The summed E-state index contributed by atoms with van der Waals surface area (Å²) in [5.74, 6) is -4.18. The first-order valence-electron chi connectivity index (χ1n) is 16.6. The minimum Gasteiger partial charge on any atom is -0.488 e. The van der Waals surface area contributed by atoms with Crippen molar-refractivity contribution in [3.8, 4) is 11.6 Å². The van der Waals surface area contributed by atoms with Crippen LogP contribution in [0.4, 0.5) is 0 Å². The molecule has 0 saturated heterocycles. The third-order valence-electron chi connectivity index (χ3n) is 10.4. The number of ketones is 3. The molecule has 0 aliphatic heterocycles. The monoisotopic (exact) mass is 686 g/mol. The van der Waals surface area contributed by atoms with E-state index < -0.39 is 45.6 Å². The lowest BCUT2D eigenvalue weighted by Crippen LogP contribution is -2.72. The zero-order chi connectivity index (χ0) is 34.6. The van der Waals surface area contributed by atoms with E-state index in [-0.39, 0.29) is 48.3 Å². The predicted octanol–water partition coefficient (Wildman–Crippen LogP) is 6.50. The number of aromatic nitrogens is 1. The van der Waals surface area contributed by atoms with Crippen LogP contribution in [-0.2, 0) is 18.0 Å². The van der Waals surface area contributed by atoms with Crippen LogP contribution in [0.1, 0.15) is 68.5 Å². The van der Waals surface area contributed by atoms with Crippen molar-refractivity contribution in [1.82, 2.24) is 5.16 Å². The fourth-order valence-corrected chi connectivity index (χ4v) is 9.49. The lowest BCUT2D eigenvalue weighted by Gasteiger charge is -2.56. The Labute approximate surface area is 292 Å². The number of carbonyl (C=O) groups is 3. The summed E-state index contributed by atoms with van der Waals surface area (Å²) in [6, 6.07) is 32.3. The Morgan fingerprint density at radius 2 is 1.42 bits per heavy atom. The average molecular weight is 687 g/mol. The molecular weight excluding hydrogens is 653 g/mol. The Bertz CT molecular complexity index is 2100. The van der Waals surface area contributed by atoms with Crippen molar-refractivity contribution in [1.29, 1.82) is 0 Å². The molecule has 0 amide bonds. The van der Waals surface area contributed by atoms with E-state index in [9.17, 15) is 9.90 Å². The van der Waals surface area contributed by atoms with E-state index in [1.165, 1.54) is 0 Å². The number of Topliss-reactive ketones (excluding diaryl/α,β-unsaturated/α-hetero) is 3. The van der Waals surface area contributed by atoms with Crippen LogP contribution in [0.25, 0.3) is 0 Å². The molecule has 3 aliphatic carbocycles. The van der Waals surface area contributed by atoms with Gasteiger partial charge in [0.05, 0.1) is 11.6 Å². The molecule has 1 aromatic heterocycles. The molecule has 0 unspecified atom stereocenters. The number of hydrogen-bond donors (Lipinski definition) is 2. The van der Waals surface area contributed by atoms with Crippen LogP contribution < -0.4 is 15.2 Å². The van der Waals surface area contributed by atoms with Crippen LogP contribution in [0.15, 0.2) is 119 Å². The summed E-state index contributed by atoms with van der Waals surface area (Å²) in [5, 5.41) is 16.6. The first kappa shape index (κ1) is 32.2. The minimum absolute atomic E-state index is 0.0514. The molecule has 0 spiro atoms. The summed E-state index contributed by atoms with van der Waals surface area (Å²) in [6.07, 6.45) is 0.0940. The Balaban J connectivity index is 1.24. The number of aliphatic hydroxyl groups is 1. The lowest BCUT2D eigenvalue weighted by molar-refractivity contribution is -0.149. The highest BCUT2D eigenvalue weighted by Crippen LogP contribution is 2.62. The van der Waals surface area contributed by atoms with E-state index in [4.69, 9.17) is 19.7 Å². The molecule has 50 heavy (non-hydrogen) atoms. The number of rotatable bonds is 8. The standard InChI is InChI=1S/C40H34N2O7S/c1-23-27-18-11-19-30(47-21-24-12-5-2-6-13-24)31(27)36(44)40(50-26-16-9-4-10-17-26)28(23)20-29-33(41)34-32(35(43)39(29,46)38(40)45)37(42-49-34)48-22-25-14-7-3-8-15-25/h2-19,23,28-29,33,46H,20-22,41H2,1H3/t23-,28-,29-,33-,39+,40+/m0/s1. The zero-order valence-electron chi connectivity index (χ0n) is 27.2. The molecule has 9 nitrogen and oxygen atoms in total. The van der Waals surface area contributed by atoms with E-state index in [0.717, 1.165) is 28.5 Å². The summed E-state index contributed by atoms with van der Waals surface area (Å²) in [6.45, 7) is 2.24. The van der Waals surface area contributed by atoms with E-state index in [1.807, 2.05) is 110 Å². The van der Waals surface area contributed by atoms with Crippen molar-refractivity contribution >= 4 is 29.1 Å². The normalized spacial score (nSPS) is 26.7. The summed E-state index contributed by atoms with van der Waals surface area (Å²) >= 11 is 1.08. The van der Waals surface area contributed by atoms with Gasteiger partial charge in [-0.05, 0) is 58.3 Å². The van der Waals surface area contributed by atoms with Crippen molar-refractivity contribution in [3.05, 3.63) is 143 Å². The van der Waals surface area contributed by atoms with Gasteiger partial charge in [0, 0.05) is 10.8 Å². The number of ether oxygens (including phenoxy) is 2. The van der Waals surface area contributed by atoms with E-state index in [2.05, 4.69) is 5.16 Å². The van der Waals surface area contributed by atoms with Crippen LogP contribution in [0, 0.1) is 11.8 Å². The molecule has 1 saturated carbocycles. The van der Waals surface area contributed by atoms with Gasteiger partial charge in [-0.3, -0.25) is 14.4 Å².